The number of thiophene rings is 1. The van der Waals surface area contributed by atoms with E-state index < -0.39 is 0 Å². The summed E-state index contributed by atoms with van der Waals surface area (Å²) in [5.41, 5.74) is 0. The van der Waals surface area contributed by atoms with Crippen LogP contribution in [-0.2, 0) is 11.3 Å². The number of amides is 1. The van der Waals surface area contributed by atoms with Crippen molar-refractivity contribution in [1.29, 1.82) is 0 Å². The first-order valence-corrected chi connectivity index (χ1v) is 8.31. The van der Waals surface area contributed by atoms with E-state index in [4.69, 9.17) is 0 Å². The molecule has 2 aliphatic rings. The lowest BCUT2D eigenvalue weighted by atomic mass is 10.2. The standard InChI is InChI=1S/C14H17N5OS/c20-14(10-5-6-10)18-7-1-3-11(18)9-19-16-13(15-17-19)12-4-2-8-21-12/h2,4,8,10-11H,1,3,5-7,9H2/t11-/m0/s1. The van der Waals surface area contributed by atoms with Crippen LogP contribution in [0.15, 0.2) is 17.5 Å². The van der Waals surface area contributed by atoms with Crippen LogP contribution in [0.1, 0.15) is 25.7 Å². The summed E-state index contributed by atoms with van der Waals surface area (Å²) in [5.74, 6) is 1.29. The molecule has 0 N–H and O–H groups in total. The fraction of sp³-hybridized carbons (Fsp3) is 0.571. The van der Waals surface area contributed by atoms with Crippen LogP contribution in [0.3, 0.4) is 0 Å². The fourth-order valence-electron chi connectivity index (χ4n) is 2.89. The predicted molar refractivity (Wildman–Crippen MR) is 78.6 cm³/mol. The Balaban J connectivity index is 1.46. The molecule has 2 fully saturated rings. The summed E-state index contributed by atoms with van der Waals surface area (Å²) in [6.07, 6.45) is 4.24. The van der Waals surface area contributed by atoms with Gasteiger partial charge >= 0.3 is 0 Å². The van der Waals surface area contributed by atoms with Crippen molar-refractivity contribution >= 4 is 17.2 Å². The van der Waals surface area contributed by atoms with Gasteiger partial charge in [-0.25, -0.2) is 0 Å². The van der Waals surface area contributed by atoms with E-state index in [2.05, 4.69) is 15.4 Å². The van der Waals surface area contributed by atoms with Crippen molar-refractivity contribution in [1.82, 2.24) is 25.1 Å². The number of rotatable bonds is 4. The molecular weight excluding hydrogens is 286 g/mol. The second-order valence-corrected chi connectivity index (χ2v) is 6.69. The number of tetrazole rings is 1. The molecule has 0 bridgehead atoms. The minimum atomic E-state index is 0.225. The first-order valence-electron chi connectivity index (χ1n) is 7.43. The highest BCUT2D eigenvalue weighted by Crippen LogP contribution is 2.33. The van der Waals surface area contributed by atoms with Gasteiger partial charge in [0.1, 0.15) is 0 Å². The highest BCUT2D eigenvalue weighted by molar-refractivity contribution is 7.13. The van der Waals surface area contributed by atoms with E-state index in [0.29, 0.717) is 18.3 Å². The van der Waals surface area contributed by atoms with Crippen molar-refractivity contribution in [3.8, 4) is 10.7 Å². The van der Waals surface area contributed by atoms with E-state index >= 15 is 0 Å². The molecule has 1 saturated heterocycles. The quantitative estimate of drug-likeness (QED) is 0.864. The zero-order chi connectivity index (χ0) is 14.2. The first kappa shape index (κ1) is 12.9. The second-order valence-electron chi connectivity index (χ2n) is 5.75. The Hall–Kier alpha value is -1.76. The molecule has 0 aromatic carbocycles. The number of hydrogen-bond acceptors (Lipinski definition) is 5. The van der Waals surface area contributed by atoms with Gasteiger partial charge < -0.3 is 4.90 Å². The molecule has 3 heterocycles. The van der Waals surface area contributed by atoms with Gasteiger partial charge in [-0.1, -0.05) is 6.07 Å². The molecule has 21 heavy (non-hydrogen) atoms. The molecule has 110 valence electrons. The van der Waals surface area contributed by atoms with Gasteiger partial charge in [-0.2, -0.15) is 4.80 Å². The summed E-state index contributed by atoms with van der Waals surface area (Å²) >= 11 is 1.61. The monoisotopic (exact) mass is 303 g/mol. The van der Waals surface area contributed by atoms with Crippen LogP contribution in [0.2, 0.25) is 0 Å². The minimum Gasteiger partial charge on any atom is -0.338 e. The zero-order valence-corrected chi connectivity index (χ0v) is 12.5. The van der Waals surface area contributed by atoms with E-state index in [1.807, 2.05) is 22.4 Å². The third kappa shape index (κ3) is 2.57. The molecule has 0 spiro atoms. The Morgan fingerprint density at radius 2 is 2.29 bits per heavy atom. The molecule has 1 aliphatic carbocycles. The number of nitrogens with zero attached hydrogens (tertiary/aromatic N) is 5. The minimum absolute atomic E-state index is 0.225. The fourth-order valence-corrected chi connectivity index (χ4v) is 3.54. The number of aromatic nitrogens is 4. The van der Waals surface area contributed by atoms with E-state index in [9.17, 15) is 4.79 Å². The van der Waals surface area contributed by atoms with Gasteiger partial charge in [0.15, 0.2) is 0 Å². The Labute approximate surface area is 126 Å². The molecule has 1 amide bonds. The van der Waals surface area contributed by atoms with Crippen LogP contribution in [-0.4, -0.2) is 43.6 Å². The smallest absolute Gasteiger partial charge is 0.225 e. The van der Waals surface area contributed by atoms with Gasteiger partial charge in [-0.3, -0.25) is 4.79 Å². The van der Waals surface area contributed by atoms with Crippen LogP contribution < -0.4 is 0 Å². The molecule has 1 saturated carbocycles. The summed E-state index contributed by atoms with van der Waals surface area (Å²) in [5, 5.41) is 14.7. The molecule has 0 unspecified atom stereocenters. The third-order valence-electron chi connectivity index (χ3n) is 4.16. The SMILES string of the molecule is O=C(C1CC1)N1CCC[C@H]1Cn1nnc(-c2cccs2)n1. The molecule has 6 nitrogen and oxygen atoms in total. The van der Waals surface area contributed by atoms with E-state index in [0.717, 1.165) is 37.1 Å². The van der Waals surface area contributed by atoms with Crippen LogP contribution in [0.5, 0.6) is 0 Å². The zero-order valence-electron chi connectivity index (χ0n) is 11.7. The maximum absolute atomic E-state index is 12.3. The highest BCUT2D eigenvalue weighted by atomic mass is 32.1. The number of carbonyl (C=O) groups is 1. The number of carbonyl (C=O) groups excluding carboxylic acids is 1. The summed E-state index contributed by atoms with van der Waals surface area (Å²) in [7, 11) is 0. The van der Waals surface area contributed by atoms with Gasteiger partial charge in [0.25, 0.3) is 0 Å². The van der Waals surface area contributed by atoms with Crippen LogP contribution in [0.25, 0.3) is 10.7 Å². The van der Waals surface area contributed by atoms with Gasteiger partial charge in [0, 0.05) is 12.5 Å². The predicted octanol–water partition coefficient (Wildman–Crippen LogP) is 1.80. The molecule has 1 aliphatic heterocycles. The third-order valence-corrected chi connectivity index (χ3v) is 5.02. The molecule has 2 aromatic heterocycles. The van der Waals surface area contributed by atoms with Gasteiger partial charge in [0.05, 0.1) is 17.5 Å². The molecule has 2 aromatic rings. The van der Waals surface area contributed by atoms with Crippen molar-refractivity contribution in [3.05, 3.63) is 17.5 Å². The Bertz CT molecular complexity index is 634. The molecule has 4 rings (SSSR count). The topological polar surface area (TPSA) is 63.9 Å². The van der Waals surface area contributed by atoms with Crippen LogP contribution in [0.4, 0.5) is 0 Å². The summed E-state index contributed by atoms with van der Waals surface area (Å²) in [6, 6.07) is 4.20. The lowest BCUT2D eigenvalue weighted by molar-refractivity contribution is -0.133. The largest absolute Gasteiger partial charge is 0.338 e. The number of likely N-dealkylation sites (tertiary alicyclic amines) is 1. The highest BCUT2D eigenvalue weighted by Gasteiger charge is 2.38. The first-order chi connectivity index (χ1) is 10.3. The van der Waals surface area contributed by atoms with E-state index in [-0.39, 0.29) is 12.0 Å². The molecule has 7 heteroatoms. The van der Waals surface area contributed by atoms with Crippen molar-refractivity contribution in [3.63, 3.8) is 0 Å². The summed E-state index contributed by atoms with van der Waals surface area (Å²) in [4.78, 5) is 17.0. The number of hydrogen-bond donors (Lipinski definition) is 0. The maximum Gasteiger partial charge on any atom is 0.225 e. The molecule has 0 radical (unpaired) electrons. The van der Waals surface area contributed by atoms with Crippen molar-refractivity contribution in [2.75, 3.05) is 6.54 Å². The van der Waals surface area contributed by atoms with Crippen molar-refractivity contribution in [2.45, 2.75) is 38.3 Å². The van der Waals surface area contributed by atoms with Gasteiger partial charge in [0.2, 0.25) is 11.7 Å². The van der Waals surface area contributed by atoms with Crippen LogP contribution in [0, 0.1) is 5.92 Å². The Morgan fingerprint density at radius 3 is 3.05 bits per heavy atom. The maximum atomic E-state index is 12.3. The normalized spacial score (nSPS) is 21.9. The van der Waals surface area contributed by atoms with Crippen LogP contribution >= 0.6 is 11.3 Å². The van der Waals surface area contributed by atoms with E-state index in [1.54, 1.807) is 16.1 Å². The van der Waals surface area contributed by atoms with Crippen molar-refractivity contribution < 1.29 is 4.79 Å². The Kier molecular flexibility index (Phi) is 3.21. The lowest BCUT2D eigenvalue weighted by Gasteiger charge is -2.24. The van der Waals surface area contributed by atoms with Gasteiger partial charge in [-0.15, -0.1) is 21.5 Å². The van der Waals surface area contributed by atoms with Gasteiger partial charge in [-0.05, 0) is 42.3 Å². The summed E-state index contributed by atoms with van der Waals surface area (Å²) in [6.45, 7) is 1.53. The summed E-state index contributed by atoms with van der Waals surface area (Å²) < 4.78 is 0. The lowest BCUT2D eigenvalue weighted by Crippen LogP contribution is -2.39. The van der Waals surface area contributed by atoms with E-state index in [1.165, 1.54) is 0 Å². The molecular formula is C14H17N5OS. The van der Waals surface area contributed by atoms with Crippen molar-refractivity contribution in [2.24, 2.45) is 5.92 Å². The Morgan fingerprint density at radius 1 is 1.38 bits per heavy atom. The average Bonchev–Trinajstić information content (AvgIpc) is 2.93. The average molecular weight is 303 g/mol. The molecule has 1 atom stereocenters. The second kappa shape index (κ2) is 5.22.